The molecular weight excluding hydrogens is 326 g/mol. The van der Waals surface area contributed by atoms with Gasteiger partial charge in [-0.15, -0.1) is 0 Å². The summed E-state index contributed by atoms with van der Waals surface area (Å²) in [5.41, 5.74) is 4.77. The maximum atomic E-state index is 12.2. The highest BCUT2D eigenvalue weighted by molar-refractivity contribution is 6.02. The Morgan fingerprint density at radius 1 is 1.12 bits per heavy atom. The zero-order valence-electron chi connectivity index (χ0n) is 15.1. The van der Waals surface area contributed by atoms with E-state index in [0.29, 0.717) is 5.56 Å². The highest BCUT2D eigenvalue weighted by Crippen LogP contribution is 2.22. The Labute approximate surface area is 153 Å². The summed E-state index contributed by atoms with van der Waals surface area (Å²) >= 11 is 0. The van der Waals surface area contributed by atoms with Gasteiger partial charge >= 0.3 is 0 Å². The lowest BCUT2D eigenvalue weighted by Gasteiger charge is -2.25. The van der Waals surface area contributed by atoms with E-state index in [4.69, 9.17) is 0 Å². The van der Waals surface area contributed by atoms with E-state index in [2.05, 4.69) is 28.6 Å². The first-order chi connectivity index (χ1) is 12.5. The molecule has 0 saturated heterocycles. The zero-order valence-corrected chi connectivity index (χ0v) is 15.1. The molecule has 3 rings (SSSR count). The van der Waals surface area contributed by atoms with Crippen LogP contribution in [-0.4, -0.2) is 37.4 Å². The molecule has 0 radical (unpaired) electrons. The molecule has 0 saturated carbocycles. The molecule has 1 aliphatic rings. The molecule has 0 atom stereocenters. The minimum atomic E-state index is -0.195. The molecule has 5 nitrogen and oxygen atoms in total. The average molecular weight is 349 g/mol. The van der Waals surface area contributed by atoms with Crippen LogP contribution in [0.25, 0.3) is 6.08 Å². The first-order valence-electron chi connectivity index (χ1n) is 8.67. The van der Waals surface area contributed by atoms with Crippen molar-refractivity contribution in [2.75, 3.05) is 26.0 Å². The summed E-state index contributed by atoms with van der Waals surface area (Å²) in [6.07, 6.45) is 4.23. The van der Waals surface area contributed by atoms with Gasteiger partial charge in [-0.2, -0.15) is 0 Å². The Morgan fingerprint density at radius 2 is 1.96 bits per heavy atom. The zero-order chi connectivity index (χ0) is 18.5. The summed E-state index contributed by atoms with van der Waals surface area (Å²) in [6, 6.07) is 13.2. The van der Waals surface area contributed by atoms with Crippen molar-refractivity contribution < 1.29 is 9.59 Å². The largest absolute Gasteiger partial charge is 0.355 e. The number of rotatable bonds is 4. The topological polar surface area (TPSA) is 61.4 Å². The van der Waals surface area contributed by atoms with Crippen LogP contribution < -0.4 is 10.6 Å². The Morgan fingerprint density at radius 3 is 2.77 bits per heavy atom. The lowest BCUT2D eigenvalue weighted by atomic mass is 9.99. The molecule has 2 N–H and O–H groups in total. The maximum absolute atomic E-state index is 12.2. The Hall–Kier alpha value is -2.92. The van der Waals surface area contributed by atoms with Crippen LogP contribution in [0.4, 0.5) is 5.69 Å². The second-order valence-corrected chi connectivity index (χ2v) is 6.50. The fourth-order valence-electron chi connectivity index (χ4n) is 3.06. The quantitative estimate of drug-likeness (QED) is 0.835. The number of amides is 2. The summed E-state index contributed by atoms with van der Waals surface area (Å²) in [7, 11) is 3.69. The molecule has 2 aromatic rings. The van der Waals surface area contributed by atoms with E-state index in [1.165, 1.54) is 17.2 Å². The van der Waals surface area contributed by atoms with E-state index in [1.807, 2.05) is 18.2 Å². The van der Waals surface area contributed by atoms with Gasteiger partial charge in [0.25, 0.3) is 5.91 Å². The highest BCUT2D eigenvalue weighted by atomic mass is 16.2. The standard InChI is InChI=1S/C21H23N3O2/c1-22-21(26)17-5-3-4-15(12-17)6-9-20(25)23-19-8-7-16-10-11-24(2)14-18(16)13-19/h3-9,12-13H,10-11,14H2,1-2H3,(H,22,26)(H,23,25)/b9-6+. The van der Waals surface area contributed by atoms with Gasteiger partial charge in [0.1, 0.15) is 0 Å². The molecule has 26 heavy (non-hydrogen) atoms. The van der Waals surface area contributed by atoms with Gasteiger partial charge in [-0.05, 0) is 60.5 Å². The van der Waals surface area contributed by atoms with Gasteiger partial charge in [0, 0.05) is 37.5 Å². The summed E-state index contributed by atoms with van der Waals surface area (Å²) in [4.78, 5) is 26.1. The number of likely N-dealkylation sites (N-methyl/N-ethyl adjacent to an activating group) is 1. The van der Waals surface area contributed by atoms with Crippen LogP contribution in [0.15, 0.2) is 48.5 Å². The van der Waals surface area contributed by atoms with Crippen LogP contribution >= 0.6 is 0 Å². The van der Waals surface area contributed by atoms with Gasteiger partial charge in [0.05, 0.1) is 0 Å². The van der Waals surface area contributed by atoms with Crippen molar-refractivity contribution >= 4 is 23.6 Å². The SMILES string of the molecule is CNC(=O)c1cccc(/C=C/C(=O)Nc2ccc3c(c2)CN(C)CC3)c1. The predicted octanol–water partition coefficient (Wildman–Crippen LogP) is 2.69. The third kappa shape index (κ3) is 4.37. The number of hydrogen-bond donors (Lipinski definition) is 2. The molecule has 0 spiro atoms. The van der Waals surface area contributed by atoms with Crippen LogP contribution in [0.3, 0.4) is 0 Å². The predicted molar refractivity (Wildman–Crippen MR) is 104 cm³/mol. The maximum Gasteiger partial charge on any atom is 0.251 e. The van der Waals surface area contributed by atoms with Crippen molar-refractivity contribution in [2.45, 2.75) is 13.0 Å². The average Bonchev–Trinajstić information content (AvgIpc) is 2.65. The molecule has 5 heteroatoms. The van der Waals surface area contributed by atoms with E-state index in [1.54, 1.807) is 31.3 Å². The number of nitrogens with one attached hydrogen (secondary N) is 2. The number of fused-ring (bicyclic) bond motifs is 1. The normalized spacial score (nSPS) is 14.1. The lowest BCUT2D eigenvalue weighted by Crippen LogP contribution is -2.26. The van der Waals surface area contributed by atoms with Crippen LogP contribution in [-0.2, 0) is 17.8 Å². The van der Waals surface area contributed by atoms with Crippen LogP contribution in [0.1, 0.15) is 27.0 Å². The molecule has 134 valence electrons. The van der Waals surface area contributed by atoms with E-state index in [9.17, 15) is 9.59 Å². The molecule has 1 aliphatic heterocycles. The van der Waals surface area contributed by atoms with Crippen molar-refractivity contribution in [1.29, 1.82) is 0 Å². The number of carbonyl (C=O) groups excluding carboxylic acids is 2. The summed E-state index contributed by atoms with van der Waals surface area (Å²) < 4.78 is 0. The van der Waals surface area contributed by atoms with Crippen LogP contribution in [0.5, 0.6) is 0 Å². The molecular formula is C21H23N3O2. The molecule has 0 aliphatic carbocycles. The highest BCUT2D eigenvalue weighted by Gasteiger charge is 2.13. The van der Waals surface area contributed by atoms with E-state index in [0.717, 1.165) is 30.8 Å². The number of carbonyl (C=O) groups is 2. The van der Waals surface area contributed by atoms with Crippen LogP contribution in [0, 0.1) is 0 Å². The molecule has 2 amide bonds. The molecule has 0 fully saturated rings. The second kappa shape index (κ2) is 7.97. The summed E-state index contributed by atoms with van der Waals surface area (Å²) in [6.45, 7) is 1.97. The van der Waals surface area contributed by atoms with E-state index in [-0.39, 0.29) is 11.8 Å². The number of hydrogen-bond acceptors (Lipinski definition) is 3. The monoisotopic (exact) mass is 349 g/mol. The van der Waals surface area contributed by atoms with Crippen LogP contribution in [0.2, 0.25) is 0 Å². The molecule has 0 unspecified atom stereocenters. The second-order valence-electron chi connectivity index (χ2n) is 6.50. The summed E-state index contributed by atoms with van der Waals surface area (Å²) in [5, 5.41) is 5.49. The number of nitrogens with zero attached hydrogens (tertiary/aromatic N) is 1. The number of anilines is 1. The number of benzene rings is 2. The smallest absolute Gasteiger partial charge is 0.251 e. The summed E-state index contributed by atoms with van der Waals surface area (Å²) in [5.74, 6) is -0.344. The van der Waals surface area contributed by atoms with Crippen molar-refractivity contribution in [1.82, 2.24) is 10.2 Å². The fourth-order valence-corrected chi connectivity index (χ4v) is 3.06. The third-order valence-electron chi connectivity index (χ3n) is 4.48. The van der Waals surface area contributed by atoms with Crippen molar-refractivity contribution in [3.05, 3.63) is 70.8 Å². The first-order valence-corrected chi connectivity index (χ1v) is 8.67. The molecule has 0 aromatic heterocycles. The van der Waals surface area contributed by atoms with Gasteiger partial charge < -0.3 is 15.5 Å². The Bertz CT molecular complexity index is 858. The lowest BCUT2D eigenvalue weighted by molar-refractivity contribution is -0.111. The van der Waals surface area contributed by atoms with Crippen molar-refractivity contribution in [3.8, 4) is 0 Å². The van der Waals surface area contributed by atoms with Gasteiger partial charge in [-0.1, -0.05) is 18.2 Å². The first kappa shape index (κ1) is 17.9. The van der Waals surface area contributed by atoms with E-state index >= 15 is 0 Å². The molecule has 1 heterocycles. The van der Waals surface area contributed by atoms with Gasteiger partial charge in [-0.3, -0.25) is 9.59 Å². The van der Waals surface area contributed by atoms with E-state index < -0.39 is 0 Å². The molecule has 2 aromatic carbocycles. The van der Waals surface area contributed by atoms with Crippen molar-refractivity contribution in [3.63, 3.8) is 0 Å². The van der Waals surface area contributed by atoms with Gasteiger partial charge in [0.2, 0.25) is 5.91 Å². The van der Waals surface area contributed by atoms with Gasteiger partial charge in [-0.25, -0.2) is 0 Å². The minimum absolute atomic E-state index is 0.149. The Balaban J connectivity index is 1.66. The van der Waals surface area contributed by atoms with Crippen molar-refractivity contribution in [2.24, 2.45) is 0 Å². The Kier molecular flexibility index (Phi) is 5.49. The molecule has 0 bridgehead atoms. The fraction of sp³-hybridized carbons (Fsp3) is 0.238. The minimum Gasteiger partial charge on any atom is -0.355 e. The van der Waals surface area contributed by atoms with Gasteiger partial charge in [0.15, 0.2) is 0 Å². The third-order valence-corrected chi connectivity index (χ3v) is 4.48.